The highest BCUT2D eigenvalue weighted by Crippen LogP contribution is 2.43. The number of anilines is 2. The summed E-state index contributed by atoms with van der Waals surface area (Å²) in [6.07, 6.45) is 6.15. The van der Waals surface area contributed by atoms with Crippen LogP contribution >= 0.6 is 11.3 Å². The smallest absolute Gasteiger partial charge is 0.263 e. The van der Waals surface area contributed by atoms with Gasteiger partial charge in [0.25, 0.3) is 5.91 Å². The van der Waals surface area contributed by atoms with Gasteiger partial charge in [-0.15, -0.1) is 11.3 Å². The van der Waals surface area contributed by atoms with E-state index in [0.29, 0.717) is 28.9 Å². The van der Waals surface area contributed by atoms with Gasteiger partial charge < -0.3 is 21.1 Å². The minimum Gasteiger partial charge on any atom is -0.492 e. The first kappa shape index (κ1) is 15.0. The van der Waals surface area contributed by atoms with E-state index < -0.39 is 0 Å². The summed E-state index contributed by atoms with van der Waals surface area (Å²) in [5, 5.41) is 7.14. The Morgan fingerprint density at radius 3 is 2.70 bits per heavy atom. The van der Waals surface area contributed by atoms with E-state index >= 15 is 0 Å². The number of nitrogen functional groups attached to an aromatic ring is 1. The quantitative estimate of drug-likeness (QED) is 0.781. The molecule has 0 bridgehead atoms. The van der Waals surface area contributed by atoms with E-state index in [4.69, 9.17) is 10.5 Å². The predicted molar refractivity (Wildman–Crippen MR) is 83.8 cm³/mol. The van der Waals surface area contributed by atoms with E-state index in [9.17, 15) is 4.79 Å². The molecule has 112 valence electrons. The van der Waals surface area contributed by atoms with Crippen molar-refractivity contribution in [2.75, 3.05) is 24.7 Å². The Balaban J connectivity index is 2.18. The molecule has 1 amide bonds. The van der Waals surface area contributed by atoms with Crippen molar-refractivity contribution in [3.05, 3.63) is 4.88 Å². The molecule has 1 aromatic heterocycles. The third kappa shape index (κ3) is 3.17. The van der Waals surface area contributed by atoms with Gasteiger partial charge in [0.1, 0.15) is 15.6 Å². The average molecular weight is 297 g/mol. The Bertz CT molecular complexity index is 467. The van der Waals surface area contributed by atoms with Crippen LogP contribution in [0, 0.1) is 0 Å². The van der Waals surface area contributed by atoms with E-state index in [-0.39, 0.29) is 5.91 Å². The number of hydrogen-bond acceptors (Lipinski definition) is 5. The summed E-state index contributed by atoms with van der Waals surface area (Å²) in [6.45, 7) is 2.48. The fraction of sp³-hybridized carbons (Fsp3) is 0.643. The van der Waals surface area contributed by atoms with Crippen LogP contribution in [0.5, 0.6) is 5.75 Å². The maximum atomic E-state index is 12.0. The van der Waals surface area contributed by atoms with Gasteiger partial charge in [0.2, 0.25) is 0 Å². The summed E-state index contributed by atoms with van der Waals surface area (Å²) in [6, 6.07) is 0.456. The Morgan fingerprint density at radius 2 is 2.10 bits per heavy atom. The fourth-order valence-corrected chi connectivity index (χ4v) is 3.65. The molecule has 0 spiro atoms. The number of amides is 1. The molecule has 0 saturated heterocycles. The van der Waals surface area contributed by atoms with Crippen molar-refractivity contribution >= 4 is 27.9 Å². The summed E-state index contributed by atoms with van der Waals surface area (Å²) in [5.74, 6) is 0.465. The lowest BCUT2D eigenvalue weighted by atomic mass is 9.96. The molecular weight excluding hydrogens is 274 g/mol. The molecule has 1 aromatic rings. The molecule has 0 unspecified atom stereocenters. The van der Waals surface area contributed by atoms with Crippen molar-refractivity contribution in [2.45, 2.75) is 45.1 Å². The lowest BCUT2D eigenvalue weighted by Crippen LogP contribution is -2.22. The molecule has 0 aromatic carbocycles. The SMILES string of the molecule is CCNC(=O)c1sc(NC2CCCCC2)c(OC)c1N. The summed E-state index contributed by atoms with van der Waals surface area (Å²) < 4.78 is 5.37. The van der Waals surface area contributed by atoms with Crippen LogP contribution < -0.4 is 21.1 Å². The van der Waals surface area contributed by atoms with Crippen molar-refractivity contribution in [3.63, 3.8) is 0 Å². The molecule has 20 heavy (non-hydrogen) atoms. The number of hydrogen-bond donors (Lipinski definition) is 3. The summed E-state index contributed by atoms with van der Waals surface area (Å²) in [4.78, 5) is 12.5. The minimum absolute atomic E-state index is 0.134. The van der Waals surface area contributed by atoms with Crippen molar-refractivity contribution in [3.8, 4) is 5.75 Å². The zero-order valence-corrected chi connectivity index (χ0v) is 12.9. The van der Waals surface area contributed by atoms with Crippen molar-refractivity contribution < 1.29 is 9.53 Å². The van der Waals surface area contributed by atoms with Crippen LogP contribution in [0.15, 0.2) is 0 Å². The summed E-state index contributed by atoms with van der Waals surface area (Å²) >= 11 is 1.38. The zero-order chi connectivity index (χ0) is 14.5. The molecule has 5 nitrogen and oxygen atoms in total. The third-order valence-corrected chi connectivity index (χ3v) is 4.70. The van der Waals surface area contributed by atoms with Crippen molar-refractivity contribution in [1.82, 2.24) is 5.32 Å². The topological polar surface area (TPSA) is 76.4 Å². The third-order valence-electron chi connectivity index (χ3n) is 3.59. The first-order valence-electron chi connectivity index (χ1n) is 7.18. The second kappa shape index (κ2) is 6.83. The lowest BCUT2D eigenvalue weighted by molar-refractivity contribution is 0.0960. The van der Waals surface area contributed by atoms with E-state index in [2.05, 4.69) is 10.6 Å². The monoisotopic (exact) mass is 297 g/mol. The number of carbonyl (C=O) groups is 1. The van der Waals surface area contributed by atoms with Gasteiger partial charge in [0.05, 0.1) is 7.11 Å². The highest BCUT2D eigenvalue weighted by Gasteiger charge is 2.23. The number of thiophene rings is 1. The molecule has 2 rings (SSSR count). The highest BCUT2D eigenvalue weighted by molar-refractivity contribution is 7.19. The van der Waals surface area contributed by atoms with Gasteiger partial charge >= 0.3 is 0 Å². The van der Waals surface area contributed by atoms with Gasteiger partial charge in [-0.3, -0.25) is 4.79 Å². The van der Waals surface area contributed by atoms with Crippen LogP contribution in [0.1, 0.15) is 48.7 Å². The van der Waals surface area contributed by atoms with Crippen LogP contribution in [-0.4, -0.2) is 25.6 Å². The molecule has 0 radical (unpaired) electrons. The molecular formula is C14H23N3O2S. The van der Waals surface area contributed by atoms with E-state index in [1.54, 1.807) is 7.11 Å². The molecule has 0 atom stereocenters. The van der Waals surface area contributed by atoms with Gasteiger partial charge in [0, 0.05) is 12.6 Å². The van der Waals surface area contributed by atoms with Gasteiger partial charge in [-0.2, -0.15) is 0 Å². The number of nitrogens with one attached hydrogen (secondary N) is 2. The normalized spacial score (nSPS) is 15.9. The first-order valence-corrected chi connectivity index (χ1v) is 8.00. The van der Waals surface area contributed by atoms with Crippen LogP contribution in [-0.2, 0) is 0 Å². The molecule has 1 saturated carbocycles. The number of rotatable bonds is 5. The van der Waals surface area contributed by atoms with E-state index in [1.165, 1.54) is 30.6 Å². The van der Waals surface area contributed by atoms with E-state index in [0.717, 1.165) is 17.8 Å². The summed E-state index contributed by atoms with van der Waals surface area (Å²) in [7, 11) is 1.59. The van der Waals surface area contributed by atoms with Crippen molar-refractivity contribution in [2.24, 2.45) is 0 Å². The Kier molecular flexibility index (Phi) is 5.11. The van der Waals surface area contributed by atoms with Crippen LogP contribution in [0.4, 0.5) is 10.7 Å². The Labute approximate surface area is 123 Å². The van der Waals surface area contributed by atoms with Gasteiger partial charge in [-0.1, -0.05) is 19.3 Å². The maximum Gasteiger partial charge on any atom is 0.263 e. The molecule has 1 heterocycles. The largest absolute Gasteiger partial charge is 0.492 e. The lowest BCUT2D eigenvalue weighted by Gasteiger charge is -2.23. The number of ether oxygens (including phenoxy) is 1. The number of nitrogens with two attached hydrogens (primary N) is 1. The molecule has 1 aliphatic carbocycles. The maximum absolute atomic E-state index is 12.0. The van der Waals surface area contributed by atoms with E-state index in [1.807, 2.05) is 6.92 Å². The molecule has 1 fully saturated rings. The number of carbonyl (C=O) groups excluding carboxylic acids is 1. The van der Waals surface area contributed by atoms with Gasteiger partial charge in [0.15, 0.2) is 5.75 Å². The predicted octanol–water partition coefficient (Wildman–Crippen LogP) is 2.83. The molecule has 6 heteroatoms. The molecule has 4 N–H and O–H groups in total. The van der Waals surface area contributed by atoms with Crippen LogP contribution in [0.2, 0.25) is 0 Å². The Morgan fingerprint density at radius 1 is 1.40 bits per heavy atom. The standard InChI is InChI=1S/C14H23N3O2S/c1-3-16-13(18)12-10(15)11(19-2)14(20-12)17-9-7-5-4-6-8-9/h9,17H,3-8,15H2,1-2H3,(H,16,18). The molecule has 1 aliphatic rings. The fourth-order valence-electron chi connectivity index (χ4n) is 2.57. The number of methoxy groups -OCH3 is 1. The van der Waals surface area contributed by atoms with Crippen LogP contribution in [0.3, 0.4) is 0 Å². The molecule has 0 aliphatic heterocycles. The summed E-state index contributed by atoms with van der Waals surface area (Å²) in [5.41, 5.74) is 6.47. The zero-order valence-electron chi connectivity index (χ0n) is 12.1. The average Bonchev–Trinajstić information content (AvgIpc) is 2.76. The van der Waals surface area contributed by atoms with Gasteiger partial charge in [-0.25, -0.2) is 0 Å². The second-order valence-electron chi connectivity index (χ2n) is 5.05. The van der Waals surface area contributed by atoms with Gasteiger partial charge in [-0.05, 0) is 19.8 Å². The van der Waals surface area contributed by atoms with Crippen LogP contribution in [0.25, 0.3) is 0 Å². The second-order valence-corrected chi connectivity index (χ2v) is 6.07. The highest BCUT2D eigenvalue weighted by atomic mass is 32.1. The van der Waals surface area contributed by atoms with Crippen molar-refractivity contribution in [1.29, 1.82) is 0 Å². The first-order chi connectivity index (χ1) is 9.67. The Hall–Kier alpha value is -1.43. The minimum atomic E-state index is -0.134.